The van der Waals surface area contributed by atoms with E-state index in [4.69, 9.17) is 10.5 Å². The van der Waals surface area contributed by atoms with E-state index in [-0.39, 0.29) is 37.8 Å². The summed E-state index contributed by atoms with van der Waals surface area (Å²) < 4.78 is 5.37. The number of primary amides is 1. The number of nitrogens with two attached hydrogens (primary N) is 1. The Kier molecular flexibility index (Phi) is 17.0. The minimum Gasteiger partial charge on any atom is -0.449 e. The van der Waals surface area contributed by atoms with Crippen LogP contribution in [0.15, 0.2) is 60.7 Å². The Morgan fingerprint density at radius 1 is 0.862 bits per heavy atom. The van der Waals surface area contributed by atoms with Crippen molar-refractivity contribution < 1.29 is 43.1 Å². The van der Waals surface area contributed by atoms with Gasteiger partial charge in [0.05, 0.1) is 25.2 Å². The van der Waals surface area contributed by atoms with Crippen molar-refractivity contribution in [1.82, 2.24) is 31.5 Å². The van der Waals surface area contributed by atoms with Crippen LogP contribution in [-0.4, -0.2) is 96.2 Å². The van der Waals surface area contributed by atoms with E-state index < -0.39 is 84.2 Å². The number of anilines is 1. The van der Waals surface area contributed by atoms with E-state index in [2.05, 4.69) is 31.9 Å². The Labute approximate surface area is 338 Å². The number of amides is 8. The molecule has 1 aliphatic heterocycles. The molecule has 5 atom stereocenters. The number of nitrogens with zero attached hydrogens (tertiary/aromatic N) is 1. The van der Waals surface area contributed by atoms with Crippen molar-refractivity contribution in [1.29, 1.82) is 0 Å². The van der Waals surface area contributed by atoms with Crippen LogP contribution in [0.2, 0.25) is 0 Å². The van der Waals surface area contributed by atoms with Crippen molar-refractivity contribution in [3.05, 3.63) is 66.2 Å². The third-order valence-electron chi connectivity index (χ3n) is 10.0. The van der Waals surface area contributed by atoms with E-state index in [1.807, 2.05) is 13.8 Å². The molecule has 58 heavy (non-hydrogen) atoms. The van der Waals surface area contributed by atoms with Crippen LogP contribution in [0.25, 0.3) is 0 Å². The largest absolute Gasteiger partial charge is 0.449 e. The SMILES string of the molecule is CCCC(NC(=O)[C@@H]1CC(NC(=O)Nc2ccccc2)CN1C(=O)[C@H](NC(=O)OCC(C)C)C1CCCCC1)C(=O)C(=O)NCC(=O)N[C@@H](C(N)=O)c1ccccc1. The van der Waals surface area contributed by atoms with Gasteiger partial charge in [0.15, 0.2) is 0 Å². The molecule has 8 N–H and O–H groups in total. The molecule has 1 saturated carbocycles. The van der Waals surface area contributed by atoms with Gasteiger partial charge in [-0.05, 0) is 55.2 Å². The van der Waals surface area contributed by atoms with Crippen molar-refractivity contribution >= 4 is 53.1 Å². The lowest BCUT2D eigenvalue weighted by Crippen LogP contribution is -2.58. The molecule has 17 nitrogen and oxygen atoms in total. The molecule has 1 heterocycles. The molecule has 0 aromatic heterocycles. The number of Topliss-reactive ketones (excluding diaryl/α,β-unsaturated/α-hetero) is 1. The van der Waals surface area contributed by atoms with E-state index in [0.717, 1.165) is 19.3 Å². The fourth-order valence-corrected chi connectivity index (χ4v) is 7.15. The quantitative estimate of drug-likeness (QED) is 0.109. The summed E-state index contributed by atoms with van der Waals surface area (Å²) in [6, 6.07) is 11.0. The number of urea groups is 1. The zero-order valence-corrected chi connectivity index (χ0v) is 33.3. The number of ketones is 1. The Balaban J connectivity index is 1.50. The maximum atomic E-state index is 14.5. The van der Waals surface area contributed by atoms with E-state index in [1.165, 1.54) is 4.90 Å². The number of hydrogen-bond donors (Lipinski definition) is 7. The molecule has 2 fully saturated rings. The highest BCUT2D eigenvalue weighted by atomic mass is 16.5. The second-order valence-corrected chi connectivity index (χ2v) is 15.1. The third kappa shape index (κ3) is 13.3. The van der Waals surface area contributed by atoms with Gasteiger partial charge in [-0.1, -0.05) is 95.0 Å². The van der Waals surface area contributed by atoms with Gasteiger partial charge in [-0.3, -0.25) is 28.8 Å². The van der Waals surface area contributed by atoms with Crippen molar-refractivity contribution in [3.63, 3.8) is 0 Å². The first kappa shape index (κ1) is 44.7. The highest BCUT2D eigenvalue weighted by Gasteiger charge is 2.45. The second kappa shape index (κ2) is 22.1. The van der Waals surface area contributed by atoms with Gasteiger partial charge in [0.25, 0.3) is 5.91 Å². The topological polar surface area (TPSA) is 247 Å². The lowest BCUT2D eigenvalue weighted by atomic mass is 9.83. The van der Waals surface area contributed by atoms with Gasteiger partial charge in [0.2, 0.25) is 29.4 Å². The number of para-hydroxylation sites is 1. The molecule has 0 radical (unpaired) electrons. The van der Waals surface area contributed by atoms with Crippen LogP contribution < -0.4 is 37.6 Å². The Morgan fingerprint density at radius 2 is 1.52 bits per heavy atom. The van der Waals surface area contributed by atoms with Gasteiger partial charge in [0, 0.05) is 12.2 Å². The molecule has 314 valence electrons. The molecule has 17 heteroatoms. The summed E-state index contributed by atoms with van der Waals surface area (Å²) in [6.45, 7) is 4.92. The van der Waals surface area contributed by atoms with Gasteiger partial charge >= 0.3 is 12.1 Å². The molecule has 1 saturated heterocycles. The van der Waals surface area contributed by atoms with E-state index >= 15 is 0 Å². The average Bonchev–Trinajstić information content (AvgIpc) is 3.64. The molecule has 2 aromatic rings. The molecule has 1 aliphatic carbocycles. The summed E-state index contributed by atoms with van der Waals surface area (Å²) in [7, 11) is 0. The monoisotopic (exact) mass is 804 g/mol. The van der Waals surface area contributed by atoms with E-state index in [0.29, 0.717) is 30.5 Å². The summed E-state index contributed by atoms with van der Waals surface area (Å²) in [5, 5.41) is 15.7. The van der Waals surface area contributed by atoms with Gasteiger partial charge in [-0.15, -0.1) is 0 Å². The lowest BCUT2D eigenvalue weighted by molar-refractivity contribution is -0.143. The molecule has 2 aliphatic rings. The first-order chi connectivity index (χ1) is 27.8. The lowest BCUT2D eigenvalue weighted by Gasteiger charge is -2.34. The predicted molar refractivity (Wildman–Crippen MR) is 214 cm³/mol. The zero-order valence-electron chi connectivity index (χ0n) is 33.3. The first-order valence-electron chi connectivity index (χ1n) is 19.9. The van der Waals surface area contributed by atoms with Crippen molar-refractivity contribution in [2.24, 2.45) is 17.6 Å². The van der Waals surface area contributed by atoms with Crippen molar-refractivity contribution in [2.45, 2.75) is 102 Å². The molecule has 0 bridgehead atoms. The fourth-order valence-electron chi connectivity index (χ4n) is 7.15. The number of likely N-dealkylation sites (tertiary alicyclic amines) is 1. The van der Waals surface area contributed by atoms with Crippen LogP contribution in [0, 0.1) is 11.8 Å². The predicted octanol–water partition coefficient (Wildman–Crippen LogP) is 2.42. The van der Waals surface area contributed by atoms with Crippen LogP contribution in [-0.2, 0) is 33.5 Å². The van der Waals surface area contributed by atoms with E-state index in [1.54, 1.807) is 67.6 Å². The number of carbonyl (C=O) groups excluding carboxylic acids is 8. The Bertz CT molecular complexity index is 1750. The number of rotatable bonds is 18. The molecule has 0 spiro atoms. The number of nitrogens with one attached hydrogen (secondary N) is 6. The molecule has 2 aromatic carbocycles. The maximum absolute atomic E-state index is 14.5. The molecular weight excluding hydrogens is 748 g/mol. The van der Waals surface area contributed by atoms with E-state index in [9.17, 15) is 38.4 Å². The van der Waals surface area contributed by atoms with Crippen LogP contribution in [0.1, 0.15) is 83.7 Å². The summed E-state index contributed by atoms with van der Waals surface area (Å²) in [5.41, 5.74) is 6.43. The smallest absolute Gasteiger partial charge is 0.407 e. The van der Waals surface area contributed by atoms with Gasteiger partial charge in [-0.2, -0.15) is 0 Å². The van der Waals surface area contributed by atoms with Crippen LogP contribution in [0.5, 0.6) is 0 Å². The Hall–Kier alpha value is -6.00. The molecular formula is C41H56N8O9. The molecule has 2 unspecified atom stereocenters. The Morgan fingerprint density at radius 3 is 2.14 bits per heavy atom. The average molecular weight is 805 g/mol. The van der Waals surface area contributed by atoms with Crippen molar-refractivity contribution in [2.75, 3.05) is 25.0 Å². The number of carbonyl (C=O) groups is 8. The summed E-state index contributed by atoms with van der Waals surface area (Å²) >= 11 is 0. The summed E-state index contributed by atoms with van der Waals surface area (Å²) in [5.74, 6) is -5.23. The van der Waals surface area contributed by atoms with Crippen molar-refractivity contribution in [3.8, 4) is 0 Å². The third-order valence-corrected chi connectivity index (χ3v) is 10.0. The van der Waals surface area contributed by atoms with Gasteiger partial charge in [0.1, 0.15) is 18.1 Å². The number of alkyl carbamates (subject to hydrolysis) is 1. The zero-order chi connectivity index (χ0) is 42.2. The number of ether oxygens (including phenoxy) is 1. The molecule has 8 amide bonds. The first-order valence-corrected chi connectivity index (χ1v) is 19.9. The molecule has 4 rings (SSSR count). The van der Waals surface area contributed by atoms with Crippen LogP contribution in [0.3, 0.4) is 0 Å². The summed E-state index contributed by atoms with van der Waals surface area (Å²) in [4.78, 5) is 107. The highest BCUT2D eigenvalue weighted by Crippen LogP contribution is 2.30. The number of benzene rings is 2. The number of hydrogen-bond acceptors (Lipinski definition) is 9. The summed E-state index contributed by atoms with van der Waals surface area (Å²) in [6.07, 6.45) is 3.68. The normalized spacial score (nSPS) is 18.2. The van der Waals surface area contributed by atoms with Gasteiger partial charge in [-0.25, -0.2) is 9.59 Å². The minimum absolute atomic E-state index is 0.0309. The minimum atomic E-state index is -1.33. The second-order valence-electron chi connectivity index (χ2n) is 15.1. The highest BCUT2D eigenvalue weighted by molar-refractivity contribution is 6.38. The van der Waals surface area contributed by atoms with Crippen LogP contribution in [0.4, 0.5) is 15.3 Å². The maximum Gasteiger partial charge on any atom is 0.407 e. The fraction of sp³-hybridized carbons (Fsp3) is 0.512. The van der Waals surface area contributed by atoms with Crippen LogP contribution >= 0.6 is 0 Å². The standard InChI is InChI=1S/C41H56N8O9/c1-4-14-30(35(51)38(54)43-22-32(50)47-33(36(42)52)26-15-8-5-9-16-26)46-37(53)31-21-29(45-40(56)44-28-19-12-7-13-20-28)23-49(31)39(55)34(27-17-10-6-11-18-27)48-41(57)58-24-25(2)3/h5,7-9,12-13,15-16,19-20,25,27,29-31,33-34H,4,6,10-11,14,17-18,21-24H2,1-3H3,(H2,42,52)(H,43,54)(H,46,53)(H,47,50)(H,48,57)(H2,44,45,56)/t29?,30?,31-,33+,34+/m0/s1. The van der Waals surface area contributed by atoms with Gasteiger partial charge < -0.3 is 47.3 Å².